The van der Waals surface area contributed by atoms with Crippen molar-refractivity contribution in [2.24, 2.45) is 5.92 Å². The number of benzene rings is 3. The summed E-state index contributed by atoms with van der Waals surface area (Å²) < 4.78 is 38.5. The smallest absolute Gasteiger partial charge is 0.251 e. The SMILES string of the molecule is CS(=O)(=O)N1CCN(C(=O)[C@H](CCCCC[C@@H]2C[C@H]2c2ccc(F)cc2)NC(=O)c2ccc(-c3ccccc3)cc2)CC1. The summed E-state index contributed by atoms with van der Waals surface area (Å²) in [5.41, 5.74) is 3.75. The number of carbonyl (C=O) groups excluding carboxylic acids is 2. The normalized spacial score (nSPS) is 19.5. The third-order valence-corrected chi connectivity index (χ3v) is 9.97. The molecule has 0 bridgehead atoms. The van der Waals surface area contributed by atoms with Gasteiger partial charge in [0.25, 0.3) is 5.91 Å². The first-order chi connectivity index (χ1) is 20.7. The van der Waals surface area contributed by atoms with Gasteiger partial charge < -0.3 is 10.2 Å². The van der Waals surface area contributed by atoms with Gasteiger partial charge in [0.05, 0.1) is 6.26 Å². The molecule has 2 aliphatic rings. The zero-order valence-electron chi connectivity index (χ0n) is 24.6. The second-order valence-corrected chi connectivity index (χ2v) is 13.7. The fourth-order valence-corrected chi connectivity index (χ4v) is 6.85. The highest BCUT2D eigenvalue weighted by Crippen LogP contribution is 2.50. The van der Waals surface area contributed by atoms with E-state index in [0.29, 0.717) is 36.9 Å². The molecule has 3 atom stereocenters. The predicted molar refractivity (Wildman–Crippen MR) is 166 cm³/mol. The van der Waals surface area contributed by atoms with Crippen LogP contribution in [0.5, 0.6) is 0 Å². The van der Waals surface area contributed by atoms with Crippen molar-refractivity contribution in [3.05, 3.63) is 95.8 Å². The predicted octanol–water partition coefficient (Wildman–Crippen LogP) is 5.45. The largest absolute Gasteiger partial charge is 0.340 e. The molecule has 5 rings (SSSR count). The first kappa shape index (κ1) is 30.9. The number of unbranched alkanes of at least 4 members (excludes halogenated alkanes) is 2. The summed E-state index contributed by atoms with van der Waals surface area (Å²) in [6.07, 6.45) is 6.69. The van der Waals surface area contributed by atoms with Crippen molar-refractivity contribution in [3.8, 4) is 11.1 Å². The van der Waals surface area contributed by atoms with Gasteiger partial charge in [-0.2, -0.15) is 4.31 Å². The van der Waals surface area contributed by atoms with Crippen LogP contribution < -0.4 is 5.32 Å². The number of carbonyl (C=O) groups is 2. The standard InChI is InChI=1S/C34H40FN3O4S/c1-43(41,42)38-22-20-37(21-23-38)34(40)32(11-7-3-6-10-29-24-31(29)27-16-18-30(35)19-17-27)36-33(39)28-14-12-26(13-15-28)25-8-4-2-5-9-25/h2,4-5,8-9,12-19,29,31-32H,3,6-7,10-11,20-24H2,1H3,(H,36,39)/t29-,31+,32+/m1/s1. The Hall–Kier alpha value is -3.56. The highest BCUT2D eigenvalue weighted by Gasteiger charge is 2.37. The van der Waals surface area contributed by atoms with E-state index in [2.05, 4.69) is 5.32 Å². The Kier molecular flexibility index (Phi) is 9.93. The zero-order valence-corrected chi connectivity index (χ0v) is 25.4. The van der Waals surface area contributed by atoms with Crippen LogP contribution in [-0.2, 0) is 14.8 Å². The summed E-state index contributed by atoms with van der Waals surface area (Å²) in [7, 11) is -3.31. The molecule has 1 N–H and O–H groups in total. The van der Waals surface area contributed by atoms with E-state index in [1.807, 2.05) is 54.6 Å². The second kappa shape index (κ2) is 13.8. The van der Waals surface area contributed by atoms with E-state index in [1.165, 1.54) is 28.3 Å². The first-order valence-electron chi connectivity index (χ1n) is 15.1. The van der Waals surface area contributed by atoms with Crippen LogP contribution in [-0.4, -0.2) is 67.9 Å². The molecule has 9 heteroatoms. The van der Waals surface area contributed by atoms with Gasteiger partial charge in [-0.1, -0.05) is 73.9 Å². The van der Waals surface area contributed by atoms with Gasteiger partial charge in [-0.3, -0.25) is 9.59 Å². The van der Waals surface area contributed by atoms with Gasteiger partial charge in [0.2, 0.25) is 15.9 Å². The van der Waals surface area contributed by atoms with Gasteiger partial charge >= 0.3 is 0 Å². The van der Waals surface area contributed by atoms with Crippen molar-refractivity contribution in [1.82, 2.24) is 14.5 Å². The van der Waals surface area contributed by atoms with E-state index in [0.717, 1.165) is 43.2 Å². The Bertz CT molecular complexity index is 1490. The van der Waals surface area contributed by atoms with Crippen molar-refractivity contribution < 1.29 is 22.4 Å². The average Bonchev–Trinajstić information content (AvgIpc) is 3.80. The molecule has 0 aromatic heterocycles. The number of hydrogen-bond donors (Lipinski definition) is 1. The summed E-state index contributed by atoms with van der Waals surface area (Å²) in [6, 6.07) is 23.4. The number of halogens is 1. The Labute approximate surface area is 254 Å². The highest BCUT2D eigenvalue weighted by atomic mass is 32.2. The average molecular weight is 606 g/mol. The number of rotatable bonds is 12. The van der Waals surface area contributed by atoms with Crippen LogP contribution in [0.2, 0.25) is 0 Å². The molecule has 2 amide bonds. The molecule has 3 aromatic rings. The van der Waals surface area contributed by atoms with E-state index in [4.69, 9.17) is 0 Å². The minimum absolute atomic E-state index is 0.166. The maximum Gasteiger partial charge on any atom is 0.251 e. The minimum Gasteiger partial charge on any atom is -0.340 e. The van der Waals surface area contributed by atoms with E-state index >= 15 is 0 Å². The van der Waals surface area contributed by atoms with Crippen LogP contribution in [0.4, 0.5) is 4.39 Å². The third kappa shape index (κ3) is 8.30. The lowest BCUT2D eigenvalue weighted by Gasteiger charge is -2.35. The number of amides is 2. The molecule has 0 spiro atoms. The molecule has 1 saturated carbocycles. The minimum atomic E-state index is -3.31. The van der Waals surface area contributed by atoms with Crippen LogP contribution in [0, 0.1) is 11.7 Å². The molecule has 2 fully saturated rings. The van der Waals surface area contributed by atoms with Gasteiger partial charge in [0.15, 0.2) is 0 Å². The van der Waals surface area contributed by atoms with Crippen LogP contribution >= 0.6 is 0 Å². The molecular formula is C34H40FN3O4S. The van der Waals surface area contributed by atoms with Gasteiger partial charge in [0.1, 0.15) is 11.9 Å². The fraction of sp³-hybridized carbons (Fsp3) is 0.412. The molecular weight excluding hydrogens is 565 g/mol. The van der Waals surface area contributed by atoms with Crippen molar-refractivity contribution in [2.75, 3.05) is 32.4 Å². The van der Waals surface area contributed by atoms with Crippen LogP contribution in [0.3, 0.4) is 0 Å². The van der Waals surface area contributed by atoms with Crippen LogP contribution in [0.25, 0.3) is 11.1 Å². The lowest BCUT2D eigenvalue weighted by molar-refractivity contribution is -0.134. The van der Waals surface area contributed by atoms with Crippen LogP contribution in [0.15, 0.2) is 78.9 Å². The van der Waals surface area contributed by atoms with Crippen molar-refractivity contribution in [1.29, 1.82) is 0 Å². The zero-order chi connectivity index (χ0) is 30.4. The highest BCUT2D eigenvalue weighted by molar-refractivity contribution is 7.88. The van der Waals surface area contributed by atoms with Gasteiger partial charge in [0, 0.05) is 31.7 Å². The summed E-state index contributed by atoms with van der Waals surface area (Å²) >= 11 is 0. The van der Waals surface area contributed by atoms with E-state index in [9.17, 15) is 22.4 Å². The molecule has 3 aromatic carbocycles. The first-order valence-corrected chi connectivity index (χ1v) is 17.0. The summed E-state index contributed by atoms with van der Waals surface area (Å²) in [4.78, 5) is 28.5. The summed E-state index contributed by atoms with van der Waals surface area (Å²) in [6.45, 7) is 1.11. The maximum atomic E-state index is 13.6. The van der Waals surface area contributed by atoms with Gasteiger partial charge in [-0.25, -0.2) is 12.8 Å². The number of piperazine rings is 1. The maximum absolute atomic E-state index is 13.6. The molecule has 43 heavy (non-hydrogen) atoms. The number of sulfonamides is 1. The van der Waals surface area contributed by atoms with Crippen molar-refractivity contribution in [3.63, 3.8) is 0 Å². The van der Waals surface area contributed by atoms with Crippen molar-refractivity contribution in [2.45, 2.75) is 50.5 Å². The Balaban J connectivity index is 1.16. The molecule has 0 unspecified atom stereocenters. The molecule has 1 aliphatic carbocycles. The monoisotopic (exact) mass is 605 g/mol. The van der Waals surface area contributed by atoms with E-state index < -0.39 is 16.1 Å². The molecule has 7 nitrogen and oxygen atoms in total. The lowest BCUT2D eigenvalue weighted by atomic mass is 10.0. The molecule has 0 radical (unpaired) electrons. The second-order valence-electron chi connectivity index (χ2n) is 11.7. The lowest BCUT2D eigenvalue weighted by Crippen LogP contribution is -2.55. The van der Waals surface area contributed by atoms with E-state index in [-0.39, 0.29) is 30.7 Å². The molecule has 1 aliphatic heterocycles. The summed E-state index contributed by atoms with van der Waals surface area (Å²) in [5, 5.41) is 2.98. The van der Waals surface area contributed by atoms with Gasteiger partial charge in [-0.15, -0.1) is 0 Å². The molecule has 1 saturated heterocycles. The fourth-order valence-electron chi connectivity index (χ4n) is 6.02. The Morgan fingerprint density at radius 2 is 1.51 bits per heavy atom. The number of hydrogen-bond acceptors (Lipinski definition) is 4. The van der Waals surface area contributed by atoms with Crippen LogP contribution in [0.1, 0.15) is 60.4 Å². The Morgan fingerprint density at radius 1 is 0.860 bits per heavy atom. The topological polar surface area (TPSA) is 86.8 Å². The van der Waals surface area contributed by atoms with E-state index in [1.54, 1.807) is 17.0 Å². The number of nitrogens with one attached hydrogen (secondary N) is 1. The van der Waals surface area contributed by atoms with Gasteiger partial charge in [-0.05, 0) is 72.1 Å². The number of nitrogens with zero attached hydrogens (tertiary/aromatic N) is 2. The molecule has 228 valence electrons. The van der Waals surface area contributed by atoms with Crippen molar-refractivity contribution >= 4 is 21.8 Å². The summed E-state index contributed by atoms with van der Waals surface area (Å²) in [5.74, 6) is 0.452. The molecule has 1 heterocycles. The third-order valence-electron chi connectivity index (χ3n) is 8.67. The Morgan fingerprint density at radius 3 is 2.16 bits per heavy atom. The quantitative estimate of drug-likeness (QED) is 0.278.